The molecule has 2 aromatic carbocycles. The van der Waals surface area contributed by atoms with Gasteiger partial charge in [0.2, 0.25) is 0 Å². The molecular formula is C21H22FN3. The van der Waals surface area contributed by atoms with Crippen LogP contribution in [-0.2, 0) is 13.0 Å². The summed E-state index contributed by atoms with van der Waals surface area (Å²) in [5, 5.41) is 0. The number of hydrogen-bond acceptors (Lipinski definition) is 2. The van der Waals surface area contributed by atoms with E-state index in [-0.39, 0.29) is 17.8 Å². The molecule has 1 aliphatic heterocycles. The third-order valence-electron chi connectivity index (χ3n) is 5.02. The van der Waals surface area contributed by atoms with E-state index in [1.54, 1.807) is 12.1 Å². The SMILES string of the molecule is Cc1cn2c(n1)C(Cc1cccc(-c3cccc(F)c3)c1)C(N)CC2. The van der Waals surface area contributed by atoms with Crippen LogP contribution in [0.15, 0.2) is 54.7 Å². The van der Waals surface area contributed by atoms with Gasteiger partial charge in [0.15, 0.2) is 0 Å². The lowest BCUT2D eigenvalue weighted by Crippen LogP contribution is -2.36. The summed E-state index contributed by atoms with van der Waals surface area (Å²) in [5.74, 6) is 1.09. The quantitative estimate of drug-likeness (QED) is 0.784. The van der Waals surface area contributed by atoms with Gasteiger partial charge in [-0.25, -0.2) is 9.37 Å². The van der Waals surface area contributed by atoms with E-state index in [1.807, 2.05) is 25.1 Å². The van der Waals surface area contributed by atoms with E-state index in [4.69, 9.17) is 10.7 Å². The predicted octanol–water partition coefficient (Wildman–Crippen LogP) is 4.05. The molecule has 0 spiro atoms. The van der Waals surface area contributed by atoms with Gasteiger partial charge in [0.05, 0.1) is 5.69 Å². The molecule has 3 nitrogen and oxygen atoms in total. The van der Waals surface area contributed by atoms with E-state index in [2.05, 4.69) is 22.9 Å². The van der Waals surface area contributed by atoms with Crippen LogP contribution < -0.4 is 5.73 Å². The molecule has 1 aromatic heterocycles. The molecule has 2 heterocycles. The average molecular weight is 335 g/mol. The molecule has 0 amide bonds. The Hall–Kier alpha value is -2.46. The van der Waals surface area contributed by atoms with Crippen molar-refractivity contribution >= 4 is 0 Å². The molecule has 3 aromatic rings. The van der Waals surface area contributed by atoms with Crippen LogP contribution in [-0.4, -0.2) is 15.6 Å². The van der Waals surface area contributed by atoms with Crippen molar-refractivity contribution in [3.05, 3.63) is 77.6 Å². The Morgan fingerprint density at radius 2 is 1.92 bits per heavy atom. The number of rotatable bonds is 3. The van der Waals surface area contributed by atoms with Gasteiger partial charge >= 0.3 is 0 Å². The van der Waals surface area contributed by atoms with E-state index in [0.29, 0.717) is 0 Å². The van der Waals surface area contributed by atoms with Crippen molar-refractivity contribution < 1.29 is 4.39 Å². The summed E-state index contributed by atoms with van der Waals surface area (Å²) in [6, 6.07) is 15.1. The van der Waals surface area contributed by atoms with Crippen molar-refractivity contribution in [1.29, 1.82) is 0 Å². The van der Waals surface area contributed by atoms with Crippen LogP contribution in [0.1, 0.15) is 29.4 Å². The van der Waals surface area contributed by atoms with Crippen LogP contribution >= 0.6 is 0 Å². The standard InChI is InChI=1S/C21H22FN3/c1-14-13-25-9-8-20(23)19(21(25)24-14)11-15-4-2-5-16(10-15)17-6-3-7-18(22)12-17/h2-7,10,12-13,19-20H,8-9,11,23H2,1H3. The molecule has 2 atom stereocenters. The van der Waals surface area contributed by atoms with Gasteiger partial charge in [-0.2, -0.15) is 0 Å². The molecule has 0 aliphatic carbocycles. The molecule has 0 fully saturated rings. The lowest BCUT2D eigenvalue weighted by molar-refractivity contribution is 0.385. The minimum atomic E-state index is -0.213. The number of aryl methyl sites for hydroxylation is 2. The van der Waals surface area contributed by atoms with Gasteiger partial charge in [-0.15, -0.1) is 0 Å². The van der Waals surface area contributed by atoms with E-state index in [1.165, 1.54) is 11.6 Å². The first-order chi connectivity index (χ1) is 12.1. The smallest absolute Gasteiger partial charge is 0.123 e. The first-order valence-corrected chi connectivity index (χ1v) is 8.74. The van der Waals surface area contributed by atoms with Crippen molar-refractivity contribution in [2.24, 2.45) is 5.73 Å². The van der Waals surface area contributed by atoms with Crippen LogP contribution in [0.3, 0.4) is 0 Å². The van der Waals surface area contributed by atoms with Gasteiger partial charge in [0, 0.05) is 24.7 Å². The number of hydrogen-bond donors (Lipinski definition) is 1. The Labute approximate surface area is 147 Å². The normalized spacial score (nSPS) is 19.6. The molecule has 4 heteroatoms. The fourth-order valence-corrected chi connectivity index (χ4v) is 3.76. The van der Waals surface area contributed by atoms with Crippen molar-refractivity contribution in [3.8, 4) is 11.1 Å². The predicted molar refractivity (Wildman–Crippen MR) is 97.8 cm³/mol. The summed E-state index contributed by atoms with van der Waals surface area (Å²) >= 11 is 0. The average Bonchev–Trinajstić information content (AvgIpc) is 2.99. The summed E-state index contributed by atoms with van der Waals surface area (Å²) in [4.78, 5) is 4.70. The Morgan fingerprint density at radius 1 is 1.16 bits per heavy atom. The van der Waals surface area contributed by atoms with E-state index >= 15 is 0 Å². The van der Waals surface area contributed by atoms with Gasteiger partial charge in [-0.3, -0.25) is 0 Å². The highest BCUT2D eigenvalue weighted by molar-refractivity contribution is 5.64. The fourth-order valence-electron chi connectivity index (χ4n) is 3.76. The molecule has 4 rings (SSSR count). The maximum Gasteiger partial charge on any atom is 0.123 e. The van der Waals surface area contributed by atoms with Gasteiger partial charge in [0.25, 0.3) is 0 Å². The molecule has 0 bridgehead atoms. The van der Waals surface area contributed by atoms with Gasteiger partial charge < -0.3 is 10.3 Å². The number of benzene rings is 2. The van der Waals surface area contributed by atoms with Crippen molar-refractivity contribution in [2.75, 3.05) is 0 Å². The number of halogens is 1. The van der Waals surface area contributed by atoms with Gasteiger partial charge in [-0.05, 0) is 48.6 Å². The Morgan fingerprint density at radius 3 is 2.72 bits per heavy atom. The van der Waals surface area contributed by atoms with Crippen LogP contribution in [0.25, 0.3) is 11.1 Å². The summed E-state index contributed by atoms with van der Waals surface area (Å²) in [6.07, 6.45) is 3.93. The maximum atomic E-state index is 13.5. The van der Waals surface area contributed by atoms with E-state index < -0.39 is 0 Å². The Balaban J connectivity index is 1.64. The molecule has 2 unspecified atom stereocenters. The molecule has 1 aliphatic rings. The lowest BCUT2D eigenvalue weighted by Gasteiger charge is -2.29. The second-order valence-electron chi connectivity index (χ2n) is 6.91. The van der Waals surface area contributed by atoms with Gasteiger partial charge in [0.1, 0.15) is 11.6 Å². The second-order valence-corrected chi connectivity index (χ2v) is 6.91. The Kier molecular flexibility index (Phi) is 4.14. The highest BCUT2D eigenvalue weighted by Crippen LogP contribution is 2.30. The van der Waals surface area contributed by atoms with E-state index in [9.17, 15) is 4.39 Å². The number of nitrogens with zero attached hydrogens (tertiary/aromatic N) is 2. The fraction of sp³-hybridized carbons (Fsp3) is 0.286. The molecule has 0 saturated heterocycles. The number of fused-ring (bicyclic) bond motifs is 1. The topological polar surface area (TPSA) is 43.8 Å². The summed E-state index contributed by atoms with van der Waals surface area (Å²) in [7, 11) is 0. The zero-order chi connectivity index (χ0) is 17.4. The number of nitrogens with two attached hydrogens (primary N) is 1. The van der Waals surface area contributed by atoms with Crippen molar-refractivity contribution in [2.45, 2.75) is 38.3 Å². The van der Waals surface area contributed by atoms with Crippen molar-refractivity contribution in [1.82, 2.24) is 9.55 Å². The number of aromatic nitrogens is 2. The summed E-state index contributed by atoms with van der Waals surface area (Å²) < 4.78 is 15.8. The molecule has 0 saturated carbocycles. The van der Waals surface area contributed by atoms with Crippen LogP contribution in [0.5, 0.6) is 0 Å². The minimum Gasteiger partial charge on any atom is -0.334 e. The molecule has 128 valence electrons. The summed E-state index contributed by atoms with van der Waals surface area (Å²) in [5.41, 5.74) is 10.6. The summed E-state index contributed by atoms with van der Waals surface area (Å²) in [6.45, 7) is 2.97. The van der Waals surface area contributed by atoms with Gasteiger partial charge in [-0.1, -0.05) is 36.4 Å². The highest BCUT2D eigenvalue weighted by atomic mass is 19.1. The first kappa shape index (κ1) is 16.0. The second kappa shape index (κ2) is 6.45. The zero-order valence-corrected chi connectivity index (χ0v) is 14.3. The molecule has 0 radical (unpaired) electrons. The first-order valence-electron chi connectivity index (χ1n) is 8.74. The van der Waals surface area contributed by atoms with E-state index in [0.717, 1.165) is 42.0 Å². The Bertz CT molecular complexity index is 900. The zero-order valence-electron chi connectivity index (χ0n) is 14.3. The van der Waals surface area contributed by atoms with Crippen LogP contribution in [0.4, 0.5) is 4.39 Å². The van der Waals surface area contributed by atoms with Crippen LogP contribution in [0.2, 0.25) is 0 Å². The maximum absolute atomic E-state index is 13.5. The third-order valence-corrected chi connectivity index (χ3v) is 5.02. The molecular weight excluding hydrogens is 313 g/mol. The van der Waals surface area contributed by atoms with Crippen molar-refractivity contribution in [3.63, 3.8) is 0 Å². The highest BCUT2D eigenvalue weighted by Gasteiger charge is 2.29. The number of imidazole rings is 1. The minimum absolute atomic E-state index is 0.118. The monoisotopic (exact) mass is 335 g/mol. The van der Waals surface area contributed by atoms with Crippen LogP contribution in [0, 0.1) is 12.7 Å². The third kappa shape index (κ3) is 3.22. The molecule has 25 heavy (non-hydrogen) atoms. The molecule has 2 N–H and O–H groups in total. The lowest BCUT2D eigenvalue weighted by atomic mass is 9.87. The largest absolute Gasteiger partial charge is 0.334 e.